The van der Waals surface area contributed by atoms with Crippen LogP contribution in [0.25, 0.3) is 0 Å². The van der Waals surface area contributed by atoms with Crippen LogP contribution in [0.1, 0.15) is 18.9 Å². The molecule has 0 aliphatic heterocycles. The summed E-state index contributed by atoms with van der Waals surface area (Å²) in [4.78, 5) is 0. The van der Waals surface area contributed by atoms with E-state index in [-0.39, 0.29) is 0 Å². The predicted octanol–water partition coefficient (Wildman–Crippen LogP) is 1.79. The summed E-state index contributed by atoms with van der Waals surface area (Å²) in [6, 6.07) is 4.27. The molecule has 12 heavy (non-hydrogen) atoms. The van der Waals surface area contributed by atoms with E-state index < -0.39 is 0 Å². The summed E-state index contributed by atoms with van der Waals surface area (Å²) in [6.07, 6.45) is 5.45. The highest BCUT2D eigenvalue weighted by atomic mass is 14.9. The molecule has 0 N–H and O–H groups in total. The van der Waals surface area contributed by atoms with Crippen molar-refractivity contribution in [1.82, 2.24) is 0 Å². The number of pyridine rings is 1. The third-order valence-electron chi connectivity index (χ3n) is 1.54. The maximum absolute atomic E-state index is 6.25. The lowest BCUT2D eigenvalue weighted by Gasteiger charge is -1.92. The Hall–Kier alpha value is -1.36. The Morgan fingerprint density at radius 3 is 2.25 bits per heavy atom. The molecule has 0 saturated carbocycles. The molecule has 0 bridgehead atoms. The van der Waals surface area contributed by atoms with Crippen LogP contribution in [0, 0.1) is 18.8 Å². The molecule has 0 aromatic carbocycles. The van der Waals surface area contributed by atoms with Gasteiger partial charge < -0.3 is 11.8 Å². The van der Waals surface area contributed by atoms with Crippen molar-refractivity contribution in [2.75, 3.05) is 0 Å². The predicted molar refractivity (Wildman–Crippen MR) is 46.6 cm³/mol. The minimum Gasteiger partial charge on any atom is -0.512 e. The molecular weight excluding hydrogens is 148 g/mol. The minimum atomic E-state index is 1.13. The van der Waals surface area contributed by atoms with E-state index >= 15 is 0 Å². The highest BCUT2D eigenvalue weighted by Crippen LogP contribution is 1.89. The lowest BCUT2D eigenvalue weighted by atomic mass is 10.3. The maximum atomic E-state index is 6.25. The fourth-order valence-electron chi connectivity index (χ4n) is 0.939. The SMILES string of the molecule is CCC[n+]1ccc(C)cc1.[C-]#N. The Morgan fingerprint density at radius 1 is 1.33 bits per heavy atom. The lowest BCUT2D eigenvalue weighted by molar-refractivity contribution is -0.697. The molecule has 2 heteroatoms. The first kappa shape index (κ1) is 10.6. The zero-order chi connectivity index (χ0) is 9.40. The van der Waals surface area contributed by atoms with Gasteiger partial charge in [0.05, 0.1) is 0 Å². The van der Waals surface area contributed by atoms with Crippen LogP contribution in [0.5, 0.6) is 0 Å². The van der Waals surface area contributed by atoms with E-state index in [0.29, 0.717) is 0 Å². The smallest absolute Gasteiger partial charge is 0.169 e. The number of hydrogen-bond donors (Lipinski definition) is 0. The van der Waals surface area contributed by atoms with Gasteiger partial charge in [0.15, 0.2) is 12.4 Å². The number of aromatic nitrogens is 1. The molecule has 0 atom stereocenters. The van der Waals surface area contributed by atoms with Crippen LogP contribution in [-0.4, -0.2) is 0 Å². The van der Waals surface area contributed by atoms with Crippen LogP contribution in [0.4, 0.5) is 0 Å². The van der Waals surface area contributed by atoms with Gasteiger partial charge in [-0.05, 0) is 12.5 Å². The minimum absolute atomic E-state index is 1.13. The largest absolute Gasteiger partial charge is 0.512 e. The normalized spacial score (nSPS) is 8.33. The number of nitrogens with zero attached hydrogens (tertiary/aromatic N) is 2. The Balaban J connectivity index is 0.000000561. The average Bonchev–Trinajstić information content (AvgIpc) is 2.13. The van der Waals surface area contributed by atoms with Crippen molar-refractivity contribution in [2.24, 2.45) is 0 Å². The summed E-state index contributed by atoms with van der Waals surface area (Å²) in [5.41, 5.74) is 1.33. The molecule has 2 nitrogen and oxygen atoms in total. The van der Waals surface area contributed by atoms with Crippen molar-refractivity contribution in [3.63, 3.8) is 0 Å². The van der Waals surface area contributed by atoms with Crippen LogP contribution in [0.2, 0.25) is 0 Å². The van der Waals surface area contributed by atoms with Gasteiger partial charge in [0.25, 0.3) is 0 Å². The second kappa shape index (κ2) is 6.36. The molecule has 1 aromatic rings. The molecule has 1 rings (SSSR count). The van der Waals surface area contributed by atoms with E-state index in [4.69, 9.17) is 11.8 Å². The molecule has 0 saturated heterocycles. The summed E-state index contributed by atoms with van der Waals surface area (Å²) in [5, 5.41) is 6.25. The van der Waals surface area contributed by atoms with Crippen molar-refractivity contribution in [2.45, 2.75) is 26.8 Å². The molecule has 0 unspecified atom stereocenters. The summed E-state index contributed by atoms with van der Waals surface area (Å²) in [7, 11) is 0. The summed E-state index contributed by atoms with van der Waals surface area (Å²) in [6.45, 7) is 10.2. The molecule has 0 spiro atoms. The average molecular weight is 162 g/mol. The van der Waals surface area contributed by atoms with E-state index in [1.807, 2.05) is 0 Å². The Labute approximate surface area is 74.1 Å². The fraction of sp³-hybridized carbons (Fsp3) is 0.400. The van der Waals surface area contributed by atoms with Crippen molar-refractivity contribution < 1.29 is 4.57 Å². The van der Waals surface area contributed by atoms with Gasteiger partial charge in [0.1, 0.15) is 6.54 Å². The van der Waals surface area contributed by atoms with Crippen molar-refractivity contribution >= 4 is 0 Å². The molecule has 0 amide bonds. The van der Waals surface area contributed by atoms with Crippen LogP contribution in [0.3, 0.4) is 0 Å². The van der Waals surface area contributed by atoms with Gasteiger partial charge in [-0.15, -0.1) is 0 Å². The van der Waals surface area contributed by atoms with E-state index in [9.17, 15) is 0 Å². The second-order valence-electron chi connectivity index (χ2n) is 2.61. The van der Waals surface area contributed by atoms with E-state index in [1.165, 1.54) is 12.0 Å². The van der Waals surface area contributed by atoms with Crippen molar-refractivity contribution in [3.8, 4) is 0 Å². The van der Waals surface area contributed by atoms with Gasteiger partial charge in [-0.2, -0.15) is 0 Å². The number of rotatable bonds is 2. The first-order valence-electron chi connectivity index (χ1n) is 4.01. The highest BCUT2D eigenvalue weighted by molar-refractivity contribution is 5.03. The Kier molecular flexibility index (Phi) is 5.64. The van der Waals surface area contributed by atoms with Crippen LogP contribution in [-0.2, 0) is 6.54 Å². The third-order valence-corrected chi connectivity index (χ3v) is 1.54. The second-order valence-corrected chi connectivity index (χ2v) is 2.61. The van der Waals surface area contributed by atoms with E-state index in [2.05, 4.69) is 42.9 Å². The van der Waals surface area contributed by atoms with Gasteiger partial charge in [0, 0.05) is 18.6 Å². The van der Waals surface area contributed by atoms with Gasteiger partial charge in [-0.3, -0.25) is 0 Å². The third kappa shape index (κ3) is 3.72. The molecule has 1 aromatic heterocycles. The molecule has 0 radical (unpaired) electrons. The van der Waals surface area contributed by atoms with Gasteiger partial charge in [-0.1, -0.05) is 6.92 Å². The molecular formula is C10H14N2. The summed E-state index contributed by atoms with van der Waals surface area (Å²) < 4.78 is 2.20. The first-order valence-corrected chi connectivity index (χ1v) is 4.01. The maximum Gasteiger partial charge on any atom is 0.169 e. The first-order chi connectivity index (χ1) is 5.83. The van der Waals surface area contributed by atoms with E-state index in [1.54, 1.807) is 0 Å². The fourth-order valence-corrected chi connectivity index (χ4v) is 0.939. The van der Waals surface area contributed by atoms with Crippen molar-refractivity contribution in [1.29, 1.82) is 5.26 Å². The van der Waals surface area contributed by atoms with E-state index in [0.717, 1.165) is 6.54 Å². The standard InChI is InChI=1S/C9H14N.CN/c1-3-6-10-7-4-9(2)5-8-10;1-2/h4-5,7-8H,3,6H2,1-2H3;/q+1;-1. The monoisotopic (exact) mass is 162 g/mol. The number of hydrogen-bond acceptors (Lipinski definition) is 1. The summed E-state index contributed by atoms with van der Waals surface area (Å²) in [5.74, 6) is 0. The lowest BCUT2D eigenvalue weighted by Crippen LogP contribution is -2.31. The van der Waals surface area contributed by atoms with Crippen LogP contribution in [0.15, 0.2) is 24.5 Å². The Bertz CT molecular complexity index is 223. The molecule has 0 fully saturated rings. The number of aryl methyl sites for hydroxylation is 2. The molecule has 0 aliphatic carbocycles. The molecule has 0 aliphatic rings. The van der Waals surface area contributed by atoms with Crippen LogP contribution < -0.4 is 4.57 Å². The summed E-state index contributed by atoms with van der Waals surface area (Å²) >= 11 is 0. The highest BCUT2D eigenvalue weighted by Gasteiger charge is 1.94. The molecule has 64 valence electrons. The van der Waals surface area contributed by atoms with Gasteiger partial charge in [-0.25, -0.2) is 4.57 Å². The zero-order valence-electron chi connectivity index (χ0n) is 7.62. The zero-order valence-corrected chi connectivity index (χ0v) is 7.62. The Morgan fingerprint density at radius 2 is 1.83 bits per heavy atom. The quantitative estimate of drug-likeness (QED) is 0.481. The van der Waals surface area contributed by atoms with Gasteiger partial charge >= 0.3 is 0 Å². The topological polar surface area (TPSA) is 27.7 Å². The molecule has 1 heterocycles. The van der Waals surface area contributed by atoms with Crippen molar-refractivity contribution in [3.05, 3.63) is 36.7 Å². The van der Waals surface area contributed by atoms with Crippen LogP contribution >= 0.6 is 0 Å². The van der Waals surface area contributed by atoms with Gasteiger partial charge in [0.2, 0.25) is 0 Å².